The fourth-order valence-corrected chi connectivity index (χ4v) is 3.66. The molecule has 0 bridgehead atoms. The summed E-state index contributed by atoms with van der Waals surface area (Å²) in [6, 6.07) is 14.3. The van der Waals surface area contributed by atoms with Gasteiger partial charge in [-0.05, 0) is 43.4 Å². The van der Waals surface area contributed by atoms with Crippen molar-refractivity contribution in [2.24, 2.45) is 5.73 Å². The first-order chi connectivity index (χ1) is 13.6. The summed E-state index contributed by atoms with van der Waals surface area (Å²) in [7, 11) is 2.04. The average Bonchev–Trinajstić information content (AvgIpc) is 2.74. The topological polar surface area (TPSA) is 84.5 Å². The van der Waals surface area contributed by atoms with Crippen molar-refractivity contribution in [2.75, 3.05) is 33.2 Å². The Kier molecular flexibility index (Phi) is 4.93. The highest BCUT2D eigenvalue weighted by atomic mass is 16.2. The molecule has 1 aliphatic rings. The molecule has 1 aliphatic heterocycles. The second-order valence-corrected chi connectivity index (χ2v) is 7.13. The van der Waals surface area contributed by atoms with Crippen molar-refractivity contribution in [3.63, 3.8) is 0 Å². The van der Waals surface area contributed by atoms with Crippen molar-refractivity contribution < 1.29 is 4.79 Å². The summed E-state index contributed by atoms with van der Waals surface area (Å²) in [4.78, 5) is 34.0. The number of carbonyl (C=O) groups excluding carboxylic acids is 1. The van der Waals surface area contributed by atoms with Gasteiger partial charge in [0.05, 0.1) is 22.6 Å². The Labute approximate surface area is 163 Å². The quantitative estimate of drug-likeness (QED) is 0.739. The smallest absolute Gasteiger partial charge is 0.265 e. The van der Waals surface area contributed by atoms with E-state index >= 15 is 0 Å². The van der Waals surface area contributed by atoms with Crippen LogP contribution in [0.3, 0.4) is 0 Å². The van der Waals surface area contributed by atoms with Crippen LogP contribution in [0.15, 0.2) is 59.7 Å². The zero-order valence-electron chi connectivity index (χ0n) is 15.8. The number of likely N-dealkylation sites (N-methyl/N-ethyl adjacent to an activating group) is 1. The molecule has 1 atom stereocenters. The molecule has 1 fully saturated rings. The lowest BCUT2D eigenvalue weighted by molar-refractivity contribution is 0.0516. The number of benzene rings is 2. The normalized spacial score (nSPS) is 17.8. The van der Waals surface area contributed by atoms with Crippen molar-refractivity contribution >= 4 is 16.8 Å². The van der Waals surface area contributed by atoms with E-state index in [4.69, 9.17) is 5.73 Å². The van der Waals surface area contributed by atoms with E-state index in [2.05, 4.69) is 9.88 Å². The molecule has 1 aromatic heterocycles. The Bertz CT molecular complexity index is 1060. The van der Waals surface area contributed by atoms with Gasteiger partial charge >= 0.3 is 0 Å². The zero-order valence-corrected chi connectivity index (χ0v) is 15.8. The number of para-hydroxylation sites is 1. The minimum Gasteiger partial charge on any atom is -0.332 e. The summed E-state index contributed by atoms with van der Waals surface area (Å²) >= 11 is 0. The molecule has 4 rings (SSSR count). The first-order valence-electron chi connectivity index (χ1n) is 9.35. The Balaban J connectivity index is 1.62. The number of aromatic nitrogens is 2. The van der Waals surface area contributed by atoms with Crippen LogP contribution in [-0.2, 0) is 0 Å². The summed E-state index contributed by atoms with van der Waals surface area (Å²) in [5.41, 5.74) is 7.67. The molecule has 7 heteroatoms. The number of nitrogens with zero attached hydrogens (tertiary/aromatic N) is 4. The van der Waals surface area contributed by atoms with Crippen molar-refractivity contribution in [3.8, 4) is 5.69 Å². The van der Waals surface area contributed by atoms with Gasteiger partial charge < -0.3 is 15.5 Å². The van der Waals surface area contributed by atoms with Crippen LogP contribution in [0.25, 0.3) is 16.6 Å². The molecule has 2 aromatic carbocycles. The summed E-state index contributed by atoms with van der Waals surface area (Å²) < 4.78 is 1.50. The zero-order chi connectivity index (χ0) is 19.7. The summed E-state index contributed by atoms with van der Waals surface area (Å²) in [5, 5.41) is 0.563. The van der Waals surface area contributed by atoms with Crippen LogP contribution in [0.4, 0.5) is 0 Å². The van der Waals surface area contributed by atoms with E-state index in [-0.39, 0.29) is 17.5 Å². The van der Waals surface area contributed by atoms with Crippen LogP contribution in [-0.4, -0.2) is 64.5 Å². The lowest BCUT2D eigenvalue weighted by Crippen LogP contribution is -2.56. The third-order valence-corrected chi connectivity index (χ3v) is 5.28. The molecule has 0 spiro atoms. The second-order valence-electron chi connectivity index (χ2n) is 7.13. The van der Waals surface area contributed by atoms with Gasteiger partial charge in [-0.15, -0.1) is 0 Å². The molecule has 28 heavy (non-hydrogen) atoms. The number of rotatable bonds is 3. The van der Waals surface area contributed by atoms with Crippen LogP contribution < -0.4 is 11.3 Å². The number of hydrogen-bond acceptors (Lipinski definition) is 5. The van der Waals surface area contributed by atoms with Gasteiger partial charge in [-0.25, -0.2) is 4.98 Å². The largest absolute Gasteiger partial charge is 0.332 e. The van der Waals surface area contributed by atoms with Gasteiger partial charge in [-0.1, -0.05) is 12.1 Å². The average molecular weight is 377 g/mol. The Morgan fingerprint density at radius 3 is 2.64 bits per heavy atom. The number of carbonyl (C=O) groups is 1. The lowest BCUT2D eigenvalue weighted by atomic mass is 10.1. The van der Waals surface area contributed by atoms with Crippen molar-refractivity contribution in [2.45, 2.75) is 6.04 Å². The molecule has 0 saturated carbocycles. The standard InChI is InChI=1S/C21H23N5O2/c1-24-10-11-25(17(12-22)13-24)20(27)15-6-8-16(9-7-15)26-14-23-19-5-3-2-4-18(19)21(26)28/h2-9,14,17H,10-13,22H2,1H3/t17-/m0/s1. The van der Waals surface area contributed by atoms with Crippen molar-refractivity contribution in [3.05, 3.63) is 70.8 Å². The molecule has 3 aromatic rings. The van der Waals surface area contributed by atoms with Crippen molar-refractivity contribution in [1.29, 1.82) is 0 Å². The highest BCUT2D eigenvalue weighted by molar-refractivity contribution is 5.94. The van der Waals surface area contributed by atoms with E-state index in [1.165, 1.54) is 10.9 Å². The van der Waals surface area contributed by atoms with E-state index in [0.29, 0.717) is 35.2 Å². The maximum absolute atomic E-state index is 12.9. The van der Waals surface area contributed by atoms with Gasteiger partial charge in [-0.3, -0.25) is 14.2 Å². The summed E-state index contributed by atoms with van der Waals surface area (Å²) in [6.45, 7) is 2.70. The van der Waals surface area contributed by atoms with Gasteiger partial charge in [0.25, 0.3) is 11.5 Å². The molecular weight excluding hydrogens is 354 g/mol. The fraction of sp³-hybridized carbons (Fsp3) is 0.286. The molecular formula is C21H23N5O2. The Morgan fingerprint density at radius 2 is 1.89 bits per heavy atom. The fourth-order valence-electron chi connectivity index (χ4n) is 3.66. The van der Waals surface area contributed by atoms with Gasteiger partial charge in [0.2, 0.25) is 0 Å². The summed E-state index contributed by atoms with van der Waals surface area (Å²) in [6.07, 6.45) is 1.52. The van der Waals surface area contributed by atoms with Crippen molar-refractivity contribution in [1.82, 2.24) is 19.4 Å². The van der Waals surface area contributed by atoms with Gasteiger partial charge in [0.1, 0.15) is 6.33 Å². The number of amides is 1. The molecule has 0 radical (unpaired) electrons. The van der Waals surface area contributed by atoms with E-state index in [1.54, 1.807) is 30.3 Å². The first-order valence-corrected chi connectivity index (χ1v) is 9.35. The Hall–Kier alpha value is -3.03. The third kappa shape index (κ3) is 3.30. The van der Waals surface area contributed by atoms with E-state index in [9.17, 15) is 9.59 Å². The maximum Gasteiger partial charge on any atom is 0.265 e. The summed E-state index contributed by atoms with van der Waals surface area (Å²) in [5.74, 6) is -0.0286. The van der Waals surface area contributed by atoms with Crippen LogP contribution in [0.1, 0.15) is 10.4 Å². The molecule has 0 unspecified atom stereocenters. The predicted octanol–water partition coefficient (Wildman–Crippen LogP) is 1.10. The highest BCUT2D eigenvalue weighted by Gasteiger charge is 2.28. The van der Waals surface area contributed by atoms with E-state index < -0.39 is 0 Å². The molecule has 0 aliphatic carbocycles. The predicted molar refractivity (Wildman–Crippen MR) is 109 cm³/mol. The SMILES string of the molecule is CN1CCN(C(=O)c2ccc(-n3cnc4ccccc4c3=O)cc2)[C@@H](CN)C1. The number of hydrogen-bond donors (Lipinski definition) is 1. The number of piperazine rings is 1. The maximum atomic E-state index is 12.9. The molecule has 7 nitrogen and oxygen atoms in total. The van der Waals surface area contributed by atoms with Crippen LogP contribution in [0, 0.1) is 0 Å². The van der Waals surface area contributed by atoms with Gasteiger partial charge in [-0.2, -0.15) is 0 Å². The molecule has 1 saturated heterocycles. The van der Waals surface area contributed by atoms with Gasteiger partial charge in [0, 0.05) is 31.7 Å². The molecule has 2 heterocycles. The third-order valence-electron chi connectivity index (χ3n) is 5.28. The van der Waals surface area contributed by atoms with E-state index in [0.717, 1.165) is 13.1 Å². The Morgan fingerprint density at radius 1 is 1.14 bits per heavy atom. The highest BCUT2D eigenvalue weighted by Crippen LogP contribution is 2.15. The lowest BCUT2D eigenvalue weighted by Gasteiger charge is -2.39. The molecule has 1 amide bonds. The molecule has 144 valence electrons. The first kappa shape index (κ1) is 18.3. The van der Waals surface area contributed by atoms with Gasteiger partial charge in [0.15, 0.2) is 0 Å². The second kappa shape index (κ2) is 7.53. The minimum absolute atomic E-state index is 0.0123. The van der Waals surface area contributed by atoms with Crippen LogP contribution in [0.2, 0.25) is 0 Å². The number of nitrogens with two attached hydrogens (primary N) is 1. The van der Waals surface area contributed by atoms with Crippen LogP contribution >= 0.6 is 0 Å². The minimum atomic E-state index is -0.132. The van der Waals surface area contributed by atoms with Crippen LogP contribution in [0.5, 0.6) is 0 Å². The monoisotopic (exact) mass is 377 g/mol. The number of fused-ring (bicyclic) bond motifs is 1. The molecule has 2 N–H and O–H groups in total. The van der Waals surface area contributed by atoms with E-state index in [1.807, 2.05) is 30.1 Å².